The van der Waals surface area contributed by atoms with E-state index in [0.29, 0.717) is 11.4 Å². The Hall–Kier alpha value is -2.36. The number of hydrogen-bond acceptors (Lipinski definition) is 3. The topological polar surface area (TPSA) is 59.2 Å². The monoisotopic (exact) mass is 281 g/mol. The Bertz CT molecular complexity index is 694. The number of fused-ring (bicyclic) bond motifs is 1. The van der Waals surface area contributed by atoms with E-state index in [-0.39, 0.29) is 11.8 Å². The van der Waals surface area contributed by atoms with Crippen LogP contribution in [0.1, 0.15) is 41.4 Å². The quantitative estimate of drug-likeness (QED) is 0.920. The molecule has 108 valence electrons. The number of carbonyl (C=O) groups excluding carboxylic acids is 1. The predicted octanol–water partition coefficient (Wildman–Crippen LogP) is 2.99. The molecule has 0 atom stereocenters. The van der Waals surface area contributed by atoms with Crippen LogP contribution in [0.4, 0.5) is 11.5 Å². The zero-order valence-corrected chi connectivity index (χ0v) is 12.3. The molecule has 1 amide bonds. The van der Waals surface area contributed by atoms with Crippen LogP contribution in [0.25, 0.3) is 0 Å². The number of pyridine rings is 1. The standard InChI is InChI=1S/C17H19N3O/c1-11(2)14-9-13(10-16(18)19-14)17(21)20-8-7-12-5-3-4-6-15(12)20/h3-6,9-11H,7-8H2,1-2H3,(H2,18,19). The number of nitrogen functional groups attached to an aromatic ring is 1. The van der Waals surface area contributed by atoms with E-state index >= 15 is 0 Å². The zero-order chi connectivity index (χ0) is 15.0. The Morgan fingerprint density at radius 3 is 2.81 bits per heavy atom. The second-order valence-electron chi connectivity index (χ2n) is 5.70. The summed E-state index contributed by atoms with van der Waals surface area (Å²) in [6, 6.07) is 11.6. The average Bonchev–Trinajstić information content (AvgIpc) is 2.89. The van der Waals surface area contributed by atoms with Crippen LogP contribution < -0.4 is 10.6 Å². The molecule has 0 unspecified atom stereocenters. The van der Waals surface area contributed by atoms with Gasteiger partial charge in [-0.05, 0) is 36.1 Å². The van der Waals surface area contributed by atoms with Gasteiger partial charge in [0.1, 0.15) is 5.82 Å². The molecule has 21 heavy (non-hydrogen) atoms. The summed E-state index contributed by atoms with van der Waals surface area (Å²) in [5, 5.41) is 0. The molecule has 2 aromatic rings. The number of anilines is 2. The molecule has 1 aromatic heterocycles. The number of rotatable bonds is 2. The highest BCUT2D eigenvalue weighted by Crippen LogP contribution is 2.29. The molecule has 4 nitrogen and oxygen atoms in total. The van der Waals surface area contributed by atoms with Gasteiger partial charge in [0.25, 0.3) is 5.91 Å². The first-order chi connectivity index (χ1) is 10.1. The maximum absolute atomic E-state index is 12.8. The van der Waals surface area contributed by atoms with E-state index in [1.807, 2.05) is 43.0 Å². The predicted molar refractivity (Wildman–Crippen MR) is 84.6 cm³/mol. The summed E-state index contributed by atoms with van der Waals surface area (Å²) in [6.45, 7) is 4.81. The Labute approximate surface area is 124 Å². The Kier molecular flexibility index (Phi) is 3.37. The maximum atomic E-state index is 12.8. The van der Waals surface area contributed by atoms with Crippen molar-refractivity contribution in [3.05, 3.63) is 53.2 Å². The van der Waals surface area contributed by atoms with Gasteiger partial charge in [-0.25, -0.2) is 4.98 Å². The number of nitrogens with two attached hydrogens (primary N) is 1. The Morgan fingerprint density at radius 2 is 2.05 bits per heavy atom. The summed E-state index contributed by atoms with van der Waals surface area (Å²) in [4.78, 5) is 18.9. The number of hydrogen-bond donors (Lipinski definition) is 1. The maximum Gasteiger partial charge on any atom is 0.258 e. The molecule has 2 N–H and O–H groups in total. The van der Waals surface area contributed by atoms with Crippen LogP contribution in [0, 0.1) is 0 Å². The van der Waals surface area contributed by atoms with Crippen molar-refractivity contribution in [3.8, 4) is 0 Å². The lowest BCUT2D eigenvalue weighted by Crippen LogP contribution is -2.29. The SMILES string of the molecule is CC(C)c1cc(C(=O)N2CCc3ccccc32)cc(N)n1. The van der Waals surface area contributed by atoms with E-state index in [1.54, 1.807) is 6.07 Å². The summed E-state index contributed by atoms with van der Waals surface area (Å²) >= 11 is 0. The van der Waals surface area contributed by atoms with Crippen molar-refractivity contribution >= 4 is 17.4 Å². The van der Waals surface area contributed by atoms with Gasteiger partial charge in [-0.2, -0.15) is 0 Å². The van der Waals surface area contributed by atoms with Gasteiger partial charge >= 0.3 is 0 Å². The largest absolute Gasteiger partial charge is 0.384 e. The van der Waals surface area contributed by atoms with Gasteiger partial charge in [-0.1, -0.05) is 32.0 Å². The number of nitrogens with zero attached hydrogens (tertiary/aromatic N) is 2. The first-order valence-electron chi connectivity index (χ1n) is 7.23. The van der Waals surface area contributed by atoms with Crippen LogP contribution >= 0.6 is 0 Å². The number of para-hydroxylation sites is 1. The second kappa shape index (κ2) is 5.20. The van der Waals surface area contributed by atoms with E-state index < -0.39 is 0 Å². The molecular weight excluding hydrogens is 262 g/mol. The van der Waals surface area contributed by atoms with E-state index in [9.17, 15) is 4.79 Å². The highest BCUT2D eigenvalue weighted by atomic mass is 16.2. The van der Waals surface area contributed by atoms with Crippen molar-refractivity contribution in [1.29, 1.82) is 0 Å². The molecule has 0 bridgehead atoms. The van der Waals surface area contributed by atoms with Gasteiger partial charge in [-0.15, -0.1) is 0 Å². The molecular formula is C17H19N3O. The first-order valence-corrected chi connectivity index (χ1v) is 7.23. The van der Waals surface area contributed by atoms with Crippen LogP contribution in [-0.4, -0.2) is 17.4 Å². The molecule has 0 aliphatic carbocycles. The van der Waals surface area contributed by atoms with Crippen molar-refractivity contribution in [3.63, 3.8) is 0 Å². The third-order valence-corrected chi connectivity index (χ3v) is 3.84. The minimum atomic E-state index is -0.00375. The van der Waals surface area contributed by atoms with Crippen molar-refractivity contribution < 1.29 is 4.79 Å². The lowest BCUT2D eigenvalue weighted by atomic mass is 10.1. The minimum Gasteiger partial charge on any atom is -0.384 e. The molecule has 0 saturated carbocycles. The third-order valence-electron chi connectivity index (χ3n) is 3.84. The molecule has 1 aliphatic heterocycles. The van der Waals surface area contributed by atoms with Gasteiger partial charge in [0.15, 0.2) is 0 Å². The lowest BCUT2D eigenvalue weighted by molar-refractivity contribution is 0.0989. The van der Waals surface area contributed by atoms with Crippen LogP contribution in [0.15, 0.2) is 36.4 Å². The highest BCUT2D eigenvalue weighted by Gasteiger charge is 2.25. The molecule has 1 aromatic carbocycles. The van der Waals surface area contributed by atoms with E-state index in [4.69, 9.17) is 5.73 Å². The minimum absolute atomic E-state index is 0.00375. The van der Waals surface area contributed by atoms with Crippen molar-refractivity contribution in [2.75, 3.05) is 17.2 Å². The summed E-state index contributed by atoms with van der Waals surface area (Å²) in [6.07, 6.45) is 0.902. The normalized spacial score (nSPS) is 13.6. The first kappa shape index (κ1) is 13.6. The highest BCUT2D eigenvalue weighted by molar-refractivity contribution is 6.07. The molecule has 0 fully saturated rings. The molecule has 4 heteroatoms. The van der Waals surface area contributed by atoms with E-state index in [1.165, 1.54) is 5.56 Å². The molecule has 3 rings (SSSR count). The summed E-state index contributed by atoms with van der Waals surface area (Å²) in [5.41, 5.74) is 9.54. The van der Waals surface area contributed by atoms with E-state index in [2.05, 4.69) is 11.1 Å². The van der Waals surface area contributed by atoms with Crippen LogP contribution in [0.5, 0.6) is 0 Å². The molecule has 2 heterocycles. The summed E-state index contributed by atoms with van der Waals surface area (Å²) in [5.74, 6) is 0.638. The average molecular weight is 281 g/mol. The fourth-order valence-electron chi connectivity index (χ4n) is 2.70. The number of amides is 1. The van der Waals surface area contributed by atoms with Crippen LogP contribution in [0.2, 0.25) is 0 Å². The van der Waals surface area contributed by atoms with Crippen LogP contribution in [-0.2, 0) is 6.42 Å². The Morgan fingerprint density at radius 1 is 1.29 bits per heavy atom. The van der Waals surface area contributed by atoms with Gasteiger partial charge in [0.05, 0.1) is 0 Å². The van der Waals surface area contributed by atoms with Crippen molar-refractivity contribution in [2.45, 2.75) is 26.2 Å². The lowest BCUT2D eigenvalue weighted by Gasteiger charge is -2.18. The molecule has 0 saturated heterocycles. The fraction of sp³-hybridized carbons (Fsp3) is 0.294. The van der Waals surface area contributed by atoms with Crippen molar-refractivity contribution in [1.82, 2.24) is 4.98 Å². The smallest absolute Gasteiger partial charge is 0.258 e. The second-order valence-corrected chi connectivity index (χ2v) is 5.70. The molecule has 0 radical (unpaired) electrons. The van der Waals surface area contributed by atoms with Crippen molar-refractivity contribution in [2.24, 2.45) is 0 Å². The van der Waals surface area contributed by atoms with Gasteiger partial charge in [-0.3, -0.25) is 4.79 Å². The summed E-state index contributed by atoms with van der Waals surface area (Å²) in [7, 11) is 0. The van der Waals surface area contributed by atoms with Gasteiger partial charge in [0, 0.05) is 23.5 Å². The van der Waals surface area contributed by atoms with Gasteiger partial charge in [0.2, 0.25) is 0 Å². The van der Waals surface area contributed by atoms with Gasteiger partial charge < -0.3 is 10.6 Å². The zero-order valence-electron chi connectivity index (χ0n) is 12.3. The third kappa shape index (κ3) is 2.49. The van der Waals surface area contributed by atoms with Crippen LogP contribution in [0.3, 0.4) is 0 Å². The Balaban J connectivity index is 1.97. The summed E-state index contributed by atoms with van der Waals surface area (Å²) < 4.78 is 0. The number of aromatic nitrogens is 1. The number of carbonyl (C=O) groups is 1. The molecule has 0 spiro atoms. The van der Waals surface area contributed by atoms with E-state index in [0.717, 1.165) is 24.3 Å². The molecule has 1 aliphatic rings. The number of benzene rings is 1. The fourth-order valence-corrected chi connectivity index (χ4v) is 2.70.